The Morgan fingerprint density at radius 2 is 2.29 bits per heavy atom. The number of amides is 1. The second kappa shape index (κ2) is 6.42. The third-order valence-electron chi connectivity index (χ3n) is 3.92. The number of carbonyl (C=O) groups is 2. The fourth-order valence-electron chi connectivity index (χ4n) is 2.62. The minimum absolute atomic E-state index is 0.0856. The van der Waals surface area contributed by atoms with E-state index in [4.69, 9.17) is 0 Å². The van der Waals surface area contributed by atoms with E-state index in [1.54, 1.807) is 18.2 Å². The number of nitrogens with zero attached hydrogens (tertiary/aromatic N) is 3. The van der Waals surface area contributed by atoms with Gasteiger partial charge in [-0.05, 0) is 25.1 Å². The van der Waals surface area contributed by atoms with Gasteiger partial charge in [-0.25, -0.2) is 4.98 Å². The first-order valence-electron chi connectivity index (χ1n) is 7.50. The van der Waals surface area contributed by atoms with Crippen molar-refractivity contribution in [3.63, 3.8) is 0 Å². The Hall–Kier alpha value is -2.72. The van der Waals surface area contributed by atoms with Gasteiger partial charge < -0.3 is 10.2 Å². The molecule has 7 heteroatoms. The third-order valence-corrected chi connectivity index (χ3v) is 4.94. The van der Waals surface area contributed by atoms with E-state index < -0.39 is 5.92 Å². The van der Waals surface area contributed by atoms with Gasteiger partial charge in [0.1, 0.15) is 5.01 Å². The van der Waals surface area contributed by atoms with E-state index in [0.29, 0.717) is 29.2 Å². The van der Waals surface area contributed by atoms with E-state index in [0.717, 1.165) is 11.4 Å². The lowest BCUT2D eigenvalue weighted by Gasteiger charge is -2.19. The number of ketones is 1. The van der Waals surface area contributed by atoms with Crippen molar-refractivity contribution in [3.05, 3.63) is 39.8 Å². The number of Topliss-reactive ketones (excluding diaryl/α,β-unsaturated/α-hetero) is 1. The quantitative estimate of drug-likeness (QED) is 0.868. The molecule has 1 aliphatic rings. The van der Waals surface area contributed by atoms with Crippen LogP contribution in [-0.2, 0) is 4.79 Å². The summed E-state index contributed by atoms with van der Waals surface area (Å²) >= 11 is 1.31. The normalized spacial score (nSPS) is 15.0. The number of rotatable bonds is 3. The molecule has 1 aromatic carbocycles. The van der Waals surface area contributed by atoms with Crippen LogP contribution in [0.3, 0.4) is 0 Å². The fourth-order valence-corrected chi connectivity index (χ4v) is 3.46. The number of hydrogen-bond acceptors (Lipinski definition) is 6. The average molecular weight is 340 g/mol. The number of aromatic nitrogens is 1. The molecule has 0 saturated heterocycles. The van der Waals surface area contributed by atoms with E-state index in [1.165, 1.54) is 11.3 Å². The molecule has 1 amide bonds. The van der Waals surface area contributed by atoms with Crippen molar-refractivity contribution in [2.75, 3.05) is 23.8 Å². The lowest BCUT2D eigenvalue weighted by Crippen LogP contribution is -2.18. The summed E-state index contributed by atoms with van der Waals surface area (Å²) in [5.41, 5.74) is 2.64. The summed E-state index contributed by atoms with van der Waals surface area (Å²) in [6.07, 6.45) is 0.397. The molecule has 1 atom stereocenters. The van der Waals surface area contributed by atoms with Gasteiger partial charge in [-0.15, -0.1) is 11.3 Å². The van der Waals surface area contributed by atoms with Crippen molar-refractivity contribution in [3.8, 4) is 6.07 Å². The molecule has 0 spiro atoms. The second-order valence-corrected chi connectivity index (χ2v) is 6.59. The standard InChI is InChI=1S/C17H16N4O2S/c1-10-9-24-17(19-10)12(8-18)16(23)11-3-4-14-13(7-11)20-15(22)5-6-21(14)2/h3-4,7,9,12H,5-6H2,1-2H3,(H,20,22). The first kappa shape index (κ1) is 16.1. The highest BCUT2D eigenvalue weighted by molar-refractivity contribution is 7.10. The van der Waals surface area contributed by atoms with Crippen LogP contribution in [-0.4, -0.2) is 30.3 Å². The van der Waals surface area contributed by atoms with E-state index in [1.807, 2.05) is 30.3 Å². The Morgan fingerprint density at radius 1 is 1.50 bits per heavy atom. The molecule has 0 aliphatic carbocycles. The molecule has 0 saturated carbocycles. The van der Waals surface area contributed by atoms with Gasteiger partial charge in [0.2, 0.25) is 5.91 Å². The first-order valence-corrected chi connectivity index (χ1v) is 8.38. The number of fused-ring (bicyclic) bond motifs is 1. The number of hydrogen-bond donors (Lipinski definition) is 1. The van der Waals surface area contributed by atoms with Gasteiger partial charge in [-0.1, -0.05) is 0 Å². The molecule has 1 aromatic heterocycles. The van der Waals surface area contributed by atoms with Crippen molar-refractivity contribution in [1.29, 1.82) is 5.26 Å². The minimum atomic E-state index is -0.930. The van der Waals surface area contributed by atoms with Gasteiger partial charge in [0.05, 0.1) is 17.4 Å². The Bertz CT molecular complexity index is 853. The molecule has 2 aromatic rings. The zero-order chi connectivity index (χ0) is 17.3. The van der Waals surface area contributed by atoms with Crippen molar-refractivity contribution in [1.82, 2.24) is 4.98 Å². The highest BCUT2D eigenvalue weighted by Gasteiger charge is 2.26. The maximum Gasteiger partial charge on any atom is 0.226 e. The summed E-state index contributed by atoms with van der Waals surface area (Å²) in [7, 11) is 1.90. The SMILES string of the molecule is Cc1csc(C(C#N)C(=O)c2ccc3c(c2)NC(=O)CCN3C)n1. The maximum absolute atomic E-state index is 12.7. The molecule has 0 radical (unpaired) electrons. The number of anilines is 2. The van der Waals surface area contributed by atoms with E-state index in [-0.39, 0.29) is 11.7 Å². The molecule has 3 rings (SSSR count). The predicted octanol–water partition coefficient (Wildman–Crippen LogP) is 2.72. The van der Waals surface area contributed by atoms with Gasteiger partial charge in [0, 0.05) is 36.7 Å². The van der Waals surface area contributed by atoms with Crippen molar-refractivity contribution in [2.45, 2.75) is 19.3 Å². The lowest BCUT2D eigenvalue weighted by atomic mass is 9.98. The summed E-state index contributed by atoms with van der Waals surface area (Å²) in [6.45, 7) is 2.44. The Labute approximate surface area is 143 Å². The number of nitrogens with one attached hydrogen (secondary N) is 1. The summed E-state index contributed by atoms with van der Waals surface area (Å²) < 4.78 is 0. The zero-order valence-corrected chi connectivity index (χ0v) is 14.2. The molecular weight excluding hydrogens is 324 g/mol. The van der Waals surface area contributed by atoms with Crippen LogP contribution in [0, 0.1) is 18.3 Å². The van der Waals surface area contributed by atoms with Crippen LogP contribution in [0.4, 0.5) is 11.4 Å². The third kappa shape index (κ3) is 3.01. The summed E-state index contributed by atoms with van der Waals surface area (Å²) in [6, 6.07) is 7.18. The van der Waals surface area contributed by atoms with Gasteiger partial charge in [0.25, 0.3) is 0 Å². The summed E-state index contributed by atoms with van der Waals surface area (Å²) in [5, 5.41) is 14.5. The molecule has 24 heavy (non-hydrogen) atoms. The average Bonchev–Trinajstić information content (AvgIpc) is 2.93. The molecule has 6 nitrogen and oxygen atoms in total. The summed E-state index contributed by atoms with van der Waals surface area (Å²) in [5.74, 6) is -1.32. The maximum atomic E-state index is 12.7. The van der Waals surface area contributed by atoms with Crippen LogP contribution in [0.15, 0.2) is 23.6 Å². The van der Waals surface area contributed by atoms with Gasteiger partial charge >= 0.3 is 0 Å². The number of benzene rings is 1. The minimum Gasteiger partial charge on any atom is -0.372 e. The Balaban J connectivity index is 1.96. The van der Waals surface area contributed by atoms with E-state index in [2.05, 4.69) is 10.3 Å². The van der Waals surface area contributed by atoms with E-state index >= 15 is 0 Å². The van der Waals surface area contributed by atoms with Crippen LogP contribution >= 0.6 is 11.3 Å². The van der Waals surface area contributed by atoms with Crippen molar-refractivity contribution in [2.24, 2.45) is 0 Å². The van der Waals surface area contributed by atoms with Gasteiger partial charge in [-0.2, -0.15) is 5.26 Å². The number of aryl methyl sites for hydroxylation is 1. The number of nitriles is 1. The second-order valence-electron chi connectivity index (χ2n) is 5.71. The highest BCUT2D eigenvalue weighted by atomic mass is 32.1. The molecule has 1 aliphatic heterocycles. The number of thiazole rings is 1. The van der Waals surface area contributed by atoms with E-state index in [9.17, 15) is 14.9 Å². The molecule has 0 bridgehead atoms. The van der Waals surface area contributed by atoms with Crippen LogP contribution < -0.4 is 10.2 Å². The molecule has 0 fully saturated rings. The highest BCUT2D eigenvalue weighted by Crippen LogP contribution is 2.31. The van der Waals surface area contributed by atoms with Crippen LogP contribution in [0.2, 0.25) is 0 Å². The number of carbonyl (C=O) groups excluding carboxylic acids is 2. The van der Waals surface area contributed by atoms with Crippen LogP contribution in [0.1, 0.15) is 33.4 Å². The van der Waals surface area contributed by atoms with Gasteiger partial charge in [-0.3, -0.25) is 9.59 Å². The lowest BCUT2D eigenvalue weighted by molar-refractivity contribution is -0.115. The molecular formula is C17H16N4O2S. The molecule has 1 N–H and O–H groups in total. The van der Waals surface area contributed by atoms with Crippen LogP contribution in [0.5, 0.6) is 0 Å². The smallest absolute Gasteiger partial charge is 0.226 e. The largest absolute Gasteiger partial charge is 0.372 e. The van der Waals surface area contributed by atoms with Crippen molar-refractivity contribution < 1.29 is 9.59 Å². The Kier molecular flexibility index (Phi) is 4.32. The predicted molar refractivity (Wildman–Crippen MR) is 92.5 cm³/mol. The first-order chi connectivity index (χ1) is 11.5. The topological polar surface area (TPSA) is 86.1 Å². The zero-order valence-electron chi connectivity index (χ0n) is 13.4. The monoisotopic (exact) mass is 340 g/mol. The summed E-state index contributed by atoms with van der Waals surface area (Å²) in [4.78, 5) is 30.8. The fraction of sp³-hybridized carbons (Fsp3) is 0.294. The molecule has 122 valence electrons. The Morgan fingerprint density at radius 3 is 2.96 bits per heavy atom. The van der Waals surface area contributed by atoms with Gasteiger partial charge in [0.15, 0.2) is 11.7 Å². The van der Waals surface area contributed by atoms with Crippen molar-refractivity contribution >= 4 is 34.4 Å². The van der Waals surface area contributed by atoms with Crippen LogP contribution in [0.25, 0.3) is 0 Å². The molecule has 1 unspecified atom stereocenters. The molecule has 2 heterocycles.